The minimum atomic E-state index is -3.89. The van der Waals surface area contributed by atoms with Crippen molar-refractivity contribution in [1.29, 1.82) is 0 Å². The maximum absolute atomic E-state index is 11.3. The number of benzene rings is 2. The summed E-state index contributed by atoms with van der Waals surface area (Å²) in [5, 5.41) is 15.7. The van der Waals surface area contributed by atoms with Gasteiger partial charge in [0.2, 0.25) is 10.0 Å². The lowest BCUT2D eigenvalue weighted by atomic mass is 10.1. The van der Waals surface area contributed by atoms with Gasteiger partial charge in [0.05, 0.1) is 4.90 Å². The minimum Gasteiger partial charge on any atom is -0.507 e. The van der Waals surface area contributed by atoms with Crippen molar-refractivity contribution in [3.63, 3.8) is 0 Å². The third-order valence-corrected chi connectivity index (χ3v) is 3.52. The van der Waals surface area contributed by atoms with Gasteiger partial charge < -0.3 is 5.11 Å². The van der Waals surface area contributed by atoms with E-state index in [1.165, 1.54) is 24.3 Å². The molecule has 0 bridgehead atoms. The van der Waals surface area contributed by atoms with Crippen LogP contribution in [0.1, 0.15) is 0 Å². The lowest BCUT2D eigenvalue weighted by molar-refractivity contribution is 0.480. The molecule has 2 aromatic rings. The van der Waals surface area contributed by atoms with Crippen LogP contribution in [0.4, 0.5) is 0 Å². The third-order valence-electron chi connectivity index (χ3n) is 2.23. The third kappa shape index (κ3) is 1.73. The summed E-state index contributed by atoms with van der Waals surface area (Å²) < 4.78 is 22.7. The second-order valence-corrected chi connectivity index (χ2v) is 5.23. The first-order valence-electron chi connectivity index (χ1n) is 4.34. The lowest BCUT2D eigenvalue weighted by Gasteiger charge is -2.07. The number of phenols is 1. The summed E-state index contributed by atoms with van der Waals surface area (Å²) >= 11 is 5.90. The van der Waals surface area contributed by atoms with Gasteiger partial charge in [-0.05, 0) is 18.2 Å². The number of phenolic OH excluding ortho intramolecular Hbond substituents is 1. The molecule has 0 aliphatic carbocycles. The number of aromatic hydroxyl groups is 1. The van der Waals surface area contributed by atoms with E-state index in [2.05, 4.69) is 0 Å². The van der Waals surface area contributed by atoms with Crippen molar-refractivity contribution in [2.24, 2.45) is 5.14 Å². The Labute approximate surface area is 97.3 Å². The summed E-state index contributed by atoms with van der Waals surface area (Å²) in [6.45, 7) is 0. The fourth-order valence-electron chi connectivity index (χ4n) is 1.56. The lowest BCUT2D eigenvalue weighted by Crippen LogP contribution is -2.12. The predicted octanol–water partition coefficient (Wildman–Crippen LogP) is 1.85. The van der Waals surface area contributed by atoms with E-state index in [1.54, 1.807) is 6.07 Å². The Morgan fingerprint density at radius 3 is 2.50 bits per heavy atom. The molecular formula is C10H8ClNO3S. The van der Waals surface area contributed by atoms with Crippen LogP contribution < -0.4 is 5.14 Å². The van der Waals surface area contributed by atoms with Crippen LogP contribution in [0.2, 0.25) is 5.02 Å². The number of rotatable bonds is 1. The molecule has 3 N–H and O–H groups in total. The number of hydrogen-bond acceptors (Lipinski definition) is 3. The second-order valence-electron chi connectivity index (χ2n) is 3.29. The molecule has 84 valence electrons. The number of fused-ring (bicyclic) bond motifs is 1. The summed E-state index contributed by atoms with van der Waals surface area (Å²) in [4.78, 5) is -0.134. The summed E-state index contributed by atoms with van der Waals surface area (Å²) in [5.74, 6) is -0.163. The molecule has 0 saturated carbocycles. The van der Waals surface area contributed by atoms with Crippen LogP contribution in [0, 0.1) is 0 Å². The standard InChI is InChI=1S/C10H8ClNO3S/c11-7-4-5-8(13)10-6(7)2-1-3-9(10)16(12,14)15/h1-5,13H,(H2,12,14,15). The van der Waals surface area contributed by atoms with E-state index in [-0.39, 0.29) is 16.0 Å². The van der Waals surface area contributed by atoms with E-state index in [1.807, 2.05) is 0 Å². The highest BCUT2D eigenvalue weighted by Crippen LogP contribution is 2.34. The first-order chi connectivity index (χ1) is 7.41. The van der Waals surface area contributed by atoms with Crippen LogP contribution in [0.5, 0.6) is 5.75 Å². The van der Waals surface area contributed by atoms with Crippen molar-refractivity contribution in [3.05, 3.63) is 35.4 Å². The van der Waals surface area contributed by atoms with Gasteiger partial charge in [0.15, 0.2) is 0 Å². The molecule has 2 rings (SSSR count). The Hall–Kier alpha value is -1.30. The molecule has 16 heavy (non-hydrogen) atoms. The van der Waals surface area contributed by atoms with Crippen LogP contribution >= 0.6 is 11.6 Å². The molecule has 4 nitrogen and oxygen atoms in total. The van der Waals surface area contributed by atoms with E-state index < -0.39 is 10.0 Å². The second kappa shape index (κ2) is 3.62. The zero-order valence-corrected chi connectivity index (χ0v) is 9.59. The Morgan fingerprint density at radius 2 is 1.88 bits per heavy atom. The average Bonchev–Trinajstić information content (AvgIpc) is 2.22. The van der Waals surface area contributed by atoms with Gasteiger partial charge in [-0.3, -0.25) is 0 Å². The molecule has 0 saturated heterocycles. The van der Waals surface area contributed by atoms with Crippen LogP contribution in [-0.2, 0) is 10.0 Å². The van der Waals surface area contributed by atoms with Gasteiger partial charge in [-0.15, -0.1) is 0 Å². The first-order valence-corrected chi connectivity index (χ1v) is 6.26. The SMILES string of the molecule is NS(=O)(=O)c1cccc2c(Cl)ccc(O)c12. The van der Waals surface area contributed by atoms with Crippen molar-refractivity contribution in [3.8, 4) is 5.75 Å². The molecule has 0 spiro atoms. The molecule has 6 heteroatoms. The molecule has 0 aromatic heterocycles. The normalized spacial score (nSPS) is 11.9. The van der Waals surface area contributed by atoms with E-state index in [0.29, 0.717) is 10.4 Å². The Balaban J connectivity index is 3.04. The number of nitrogens with two attached hydrogens (primary N) is 1. The molecule has 0 unspecified atom stereocenters. The average molecular weight is 258 g/mol. The largest absolute Gasteiger partial charge is 0.507 e. The van der Waals surface area contributed by atoms with Gasteiger partial charge in [-0.1, -0.05) is 23.7 Å². The molecular weight excluding hydrogens is 250 g/mol. The van der Waals surface area contributed by atoms with Crippen LogP contribution in [0.3, 0.4) is 0 Å². The number of halogens is 1. The highest BCUT2D eigenvalue weighted by molar-refractivity contribution is 7.89. The highest BCUT2D eigenvalue weighted by atomic mass is 35.5. The Bertz CT molecular complexity index is 667. The van der Waals surface area contributed by atoms with E-state index in [4.69, 9.17) is 16.7 Å². The molecule has 2 aromatic carbocycles. The van der Waals surface area contributed by atoms with Gasteiger partial charge in [0.25, 0.3) is 0 Å². The molecule has 0 radical (unpaired) electrons. The van der Waals surface area contributed by atoms with Gasteiger partial charge in [-0.25, -0.2) is 13.6 Å². The fraction of sp³-hybridized carbons (Fsp3) is 0. The van der Waals surface area contributed by atoms with Gasteiger partial charge in [-0.2, -0.15) is 0 Å². The summed E-state index contributed by atoms with van der Waals surface area (Å²) in [6.07, 6.45) is 0. The molecule has 0 heterocycles. The minimum absolute atomic E-state index is 0.134. The summed E-state index contributed by atoms with van der Waals surface area (Å²) in [7, 11) is -3.89. The Kier molecular flexibility index (Phi) is 2.53. The molecule has 0 aliphatic rings. The highest BCUT2D eigenvalue weighted by Gasteiger charge is 2.16. The number of sulfonamides is 1. The van der Waals surface area contributed by atoms with Gasteiger partial charge in [0.1, 0.15) is 5.75 Å². The van der Waals surface area contributed by atoms with Crippen LogP contribution in [0.15, 0.2) is 35.2 Å². The zero-order valence-electron chi connectivity index (χ0n) is 8.01. The monoisotopic (exact) mass is 257 g/mol. The van der Waals surface area contributed by atoms with Crippen LogP contribution in [0.25, 0.3) is 10.8 Å². The molecule has 0 amide bonds. The fourth-order valence-corrected chi connectivity index (χ4v) is 2.54. The molecule has 0 atom stereocenters. The van der Waals surface area contributed by atoms with Crippen molar-refractivity contribution in [2.45, 2.75) is 4.90 Å². The predicted molar refractivity (Wildman–Crippen MR) is 62.0 cm³/mol. The summed E-state index contributed by atoms with van der Waals surface area (Å²) in [5.41, 5.74) is 0. The van der Waals surface area contributed by atoms with Crippen molar-refractivity contribution in [2.75, 3.05) is 0 Å². The van der Waals surface area contributed by atoms with Gasteiger partial charge >= 0.3 is 0 Å². The van der Waals surface area contributed by atoms with E-state index in [9.17, 15) is 13.5 Å². The maximum Gasteiger partial charge on any atom is 0.238 e. The van der Waals surface area contributed by atoms with Gasteiger partial charge in [0, 0.05) is 15.8 Å². The summed E-state index contributed by atoms with van der Waals surface area (Å²) in [6, 6.07) is 7.29. The van der Waals surface area contributed by atoms with Crippen molar-refractivity contribution in [1.82, 2.24) is 0 Å². The maximum atomic E-state index is 11.3. The van der Waals surface area contributed by atoms with E-state index in [0.717, 1.165) is 0 Å². The van der Waals surface area contributed by atoms with Crippen molar-refractivity contribution >= 4 is 32.4 Å². The Morgan fingerprint density at radius 1 is 1.19 bits per heavy atom. The smallest absolute Gasteiger partial charge is 0.238 e. The molecule has 0 fully saturated rings. The topological polar surface area (TPSA) is 80.4 Å². The van der Waals surface area contributed by atoms with E-state index >= 15 is 0 Å². The number of hydrogen-bond donors (Lipinski definition) is 2. The zero-order chi connectivity index (χ0) is 11.9. The quantitative estimate of drug-likeness (QED) is 0.818. The van der Waals surface area contributed by atoms with Crippen molar-refractivity contribution < 1.29 is 13.5 Å². The first kappa shape index (κ1) is 11.2. The number of primary sulfonamides is 1. The molecule has 0 aliphatic heterocycles. The van der Waals surface area contributed by atoms with Crippen LogP contribution in [-0.4, -0.2) is 13.5 Å².